The van der Waals surface area contributed by atoms with Crippen molar-refractivity contribution in [1.82, 2.24) is 0 Å². The Balaban J connectivity index is 1.63. The van der Waals surface area contributed by atoms with Gasteiger partial charge in [0.25, 0.3) is 11.8 Å². The standard InChI is InChI=1S/C19H15N3O5/c1-12-3-2-4-13(11-12)18(23)20-14-5-7-15(8-6-14)21-19(24)16-9-10-17(27-16)22(25)26/h2-11H,1H3,(H,20,23)(H,21,24). The molecule has 2 N–H and O–H groups in total. The molecular formula is C19H15N3O5. The van der Waals surface area contributed by atoms with Gasteiger partial charge in [-0.15, -0.1) is 0 Å². The predicted molar refractivity (Wildman–Crippen MR) is 98.9 cm³/mol. The molecule has 3 rings (SSSR count). The topological polar surface area (TPSA) is 114 Å². The van der Waals surface area contributed by atoms with Crippen LogP contribution in [-0.4, -0.2) is 16.7 Å². The summed E-state index contributed by atoms with van der Waals surface area (Å²) in [4.78, 5) is 34.1. The smallest absolute Gasteiger partial charge is 0.395 e. The van der Waals surface area contributed by atoms with Gasteiger partial charge < -0.3 is 15.1 Å². The van der Waals surface area contributed by atoms with Gasteiger partial charge in [0, 0.05) is 16.9 Å². The first-order valence-corrected chi connectivity index (χ1v) is 7.96. The average molecular weight is 365 g/mol. The summed E-state index contributed by atoms with van der Waals surface area (Å²) in [6.45, 7) is 1.90. The second-order valence-corrected chi connectivity index (χ2v) is 5.75. The van der Waals surface area contributed by atoms with E-state index in [2.05, 4.69) is 10.6 Å². The SMILES string of the molecule is Cc1cccc(C(=O)Nc2ccc(NC(=O)c3ccc([N+](=O)[O-])o3)cc2)c1. The molecule has 1 aromatic heterocycles. The molecule has 136 valence electrons. The van der Waals surface area contributed by atoms with Gasteiger partial charge in [-0.25, -0.2) is 0 Å². The van der Waals surface area contributed by atoms with Crippen LogP contribution in [0.2, 0.25) is 0 Å². The summed E-state index contributed by atoms with van der Waals surface area (Å²) in [7, 11) is 0. The number of hydrogen-bond donors (Lipinski definition) is 2. The van der Waals surface area contributed by atoms with E-state index in [1.54, 1.807) is 36.4 Å². The number of nitro groups is 1. The van der Waals surface area contributed by atoms with Crippen molar-refractivity contribution < 1.29 is 18.9 Å². The van der Waals surface area contributed by atoms with Gasteiger partial charge in [0.2, 0.25) is 0 Å². The Morgan fingerprint density at radius 1 is 0.926 bits per heavy atom. The molecule has 2 amide bonds. The lowest BCUT2D eigenvalue weighted by Crippen LogP contribution is -2.13. The number of nitrogens with zero attached hydrogens (tertiary/aromatic N) is 1. The molecule has 0 unspecified atom stereocenters. The van der Waals surface area contributed by atoms with Gasteiger partial charge in [-0.05, 0) is 49.4 Å². The first kappa shape index (κ1) is 17.9. The van der Waals surface area contributed by atoms with Crippen LogP contribution >= 0.6 is 0 Å². The normalized spacial score (nSPS) is 10.3. The Kier molecular flexibility index (Phi) is 4.98. The van der Waals surface area contributed by atoms with Crippen LogP contribution < -0.4 is 10.6 Å². The summed E-state index contributed by atoms with van der Waals surface area (Å²) in [5, 5.41) is 15.9. The highest BCUT2D eigenvalue weighted by atomic mass is 16.6. The fourth-order valence-electron chi connectivity index (χ4n) is 2.37. The summed E-state index contributed by atoms with van der Waals surface area (Å²) >= 11 is 0. The van der Waals surface area contributed by atoms with Crippen molar-refractivity contribution in [1.29, 1.82) is 0 Å². The van der Waals surface area contributed by atoms with Crippen molar-refractivity contribution in [2.45, 2.75) is 6.92 Å². The van der Waals surface area contributed by atoms with Gasteiger partial charge >= 0.3 is 5.88 Å². The molecule has 8 nitrogen and oxygen atoms in total. The lowest BCUT2D eigenvalue weighted by molar-refractivity contribution is -0.402. The molecule has 2 aromatic carbocycles. The van der Waals surface area contributed by atoms with Crippen molar-refractivity contribution >= 4 is 29.1 Å². The van der Waals surface area contributed by atoms with Gasteiger partial charge in [-0.2, -0.15) is 0 Å². The van der Waals surface area contributed by atoms with E-state index in [0.717, 1.165) is 11.6 Å². The lowest BCUT2D eigenvalue weighted by Gasteiger charge is -2.08. The number of aryl methyl sites for hydroxylation is 1. The summed E-state index contributed by atoms with van der Waals surface area (Å²) in [5.74, 6) is -1.52. The van der Waals surface area contributed by atoms with E-state index in [1.807, 2.05) is 19.1 Å². The highest BCUT2D eigenvalue weighted by Gasteiger charge is 2.17. The van der Waals surface area contributed by atoms with Crippen LogP contribution in [0, 0.1) is 17.0 Å². The molecule has 27 heavy (non-hydrogen) atoms. The molecule has 0 saturated carbocycles. The number of amides is 2. The van der Waals surface area contributed by atoms with Crippen LogP contribution in [0.1, 0.15) is 26.5 Å². The fraction of sp³-hybridized carbons (Fsp3) is 0.0526. The molecule has 0 bridgehead atoms. The third-order valence-electron chi connectivity index (χ3n) is 3.68. The van der Waals surface area contributed by atoms with Crippen LogP contribution in [-0.2, 0) is 0 Å². The maximum atomic E-state index is 12.2. The molecule has 8 heteroatoms. The van der Waals surface area contributed by atoms with Gasteiger partial charge in [-0.3, -0.25) is 19.7 Å². The molecule has 0 aliphatic carbocycles. The average Bonchev–Trinajstić information content (AvgIpc) is 3.14. The quantitative estimate of drug-likeness (QED) is 0.524. The molecule has 0 aliphatic heterocycles. The zero-order valence-corrected chi connectivity index (χ0v) is 14.3. The number of carbonyl (C=O) groups excluding carboxylic acids is 2. The van der Waals surface area contributed by atoms with Crippen LogP contribution in [0.15, 0.2) is 65.1 Å². The number of carbonyl (C=O) groups is 2. The lowest BCUT2D eigenvalue weighted by atomic mass is 10.1. The number of furan rings is 1. The molecular weight excluding hydrogens is 350 g/mol. The summed E-state index contributed by atoms with van der Waals surface area (Å²) < 4.78 is 4.85. The molecule has 1 heterocycles. The zero-order chi connectivity index (χ0) is 19.4. The first-order valence-electron chi connectivity index (χ1n) is 7.96. The van der Waals surface area contributed by atoms with E-state index in [9.17, 15) is 19.7 Å². The van der Waals surface area contributed by atoms with Crippen LogP contribution in [0.3, 0.4) is 0 Å². The summed E-state index contributed by atoms with van der Waals surface area (Å²) in [6, 6.07) is 16.0. The Bertz CT molecular complexity index is 1010. The van der Waals surface area contributed by atoms with Crippen molar-refractivity contribution in [3.8, 4) is 0 Å². The van der Waals surface area contributed by atoms with Crippen LogP contribution in [0.25, 0.3) is 0 Å². The first-order chi connectivity index (χ1) is 12.9. The van der Waals surface area contributed by atoms with Crippen molar-refractivity contribution in [3.05, 3.63) is 87.7 Å². The monoisotopic (exact) mass is 365 g/mol. The zero-order valence-electron chi connectivity index (χ0n) is 14.3. The maximum absolute atomic E-state index is 12.2. The van der Waals surface area contributed by atoms with E-state index in [0.29, 0.717) is 16.9 Å². The minimum Gasteiger partial charge on any atom is -0.395 e. The Morgan fingerprint density at radius 2 is 1.56 bits per heavy atom. The second-order valence-electron chi connectivity index (χ2n) is 5.75. The third-order valence-corrected chi connectivity index (χ3v) is 3.68. The van der Waals surface area contributed by atoms with Crippen molar-refractivity contribution in [3.63, 3.8) is 0 Å². The molecule has 0 aliphatic rings. The number of anilines is 2. The van der Waals surface area contributed by atoms with E-state index in [-0.39, 0.29) is 11.7 Å². The van der Waals surface area contributed by atoms with Gasteiger partial charge in [-0.1, -0.05) is 17.7 Å². The fourth-order valence-corrected chi connectivity index (χ4v) is 2.37. The summed E-state index contributed by atoms with van der Waals surface area (Å²) in [5.41, 5.74) is 2.55. The maximum Gasteiger partial charge on any atom is 0.433 e. The van der Waals surface area contributed by atoms with E-state index < -0.39 is 16.7 Å². The van der Waals surface area contributed by atoms with Gasteiger partial charge in [0.15, 0.2) is 5.76 Å². The third kappa shape index (κ3) is 4.37. The second kappa shape index (κ2) is 7.52. The number of hydrogen-bond acceptors (Lipinski definition) is 5. The highest BCUT2D eigenvalue weighted by Crippen LogP contribution is 2.19. The van der Waals surface area contributed by atoms with Crippen molar-refractivity contribution in [2.75, 3.05) is 10.6 Å². The van der Waals surface area contributed by atoms with Crippen molar-refractivity contribution in [2.24, 2.45) is 0 Å². The minimum atomic E-state index is -0.720. The molecule has 0 radical (unpaired) electrons. The number of rotatable bonds is 5. The number of nitrogens with one attached hydrogen (secondary N) is 2. The van der Waals surface area contributed by atoms with Crippen LogP contribution in [0.5, 0.6) is 0 Å². The van der Waals surface area contributed by atoms with Gasteiger partial charge in [0.1, 0.15) is 4.92 Å². The molecule has 0 saturated heterocycles. The molecule has 0 fully saturated rings. The van der Waals surface area contributed by atoms with Crippen LogP contribution in [0.4, 0.5) is 17.3 Å². The van der Waals surface area contributed by atoms with Gasteiger partial charge in [0.05, 0.1) is 6.07 Å². The Labute approximate surface area is 154 Å². The summed E-state index contributed by atoms with van der Waals surface area (Å²) in [6.07, 6.45) is 0. The highest BCUT2D eigenvalue weighted by molar-refractivity contribution is 6.05. The molecule has 0 atom stereocenters. The number of benzene rings is 2. The largest absolute Gasteiger partial charge is 0.433 e. The molecule has 3 aromatic rings. The van der Waals surface area contributed by atoms with E-state index in [4.69, 9.17) is 4.42 Å². The Morgan fingerprint density at radius 3 is 2.11 bits per heavy atom. The minimum absolute atomic E-state index is 0.168. The van der Waals surface area contributed by atoms with E-state index >= 15 is 0 Å². The molecule has 0 spiro atoms. The van der Waals surface area contributed by atoms with E-state index in [1.165, 1.54) is 6.07 Å². The predicted octanol–water partition coefficient (Wildman–Crippen LogP) is 4.00. The Hall–Kier alpha value is -3.94.